The Hall–Kier alpha value is -1.91. The minimum absolute atomic E-state index is 0.0000993. The van der Waals surface area contributed by atoms with E-state index in [0.29, 0.717) is 17.1 Å². The minimum Gasteiger partial charge on any atom is -0.349 e. The van der Waals surface area contributed by atoms with E-state index in [1.54, 1.807) is 12.1 Å². The Morgan fingerprint density at radius 2 is 1.96 bits per heavy atom. The predicted octanol–water partition coefficient (Wildman–Crippen LogP) is 4.88. The second kappa shape index (κ2) is 8.85. The molecule has 3 nitrogen and oxygen atoms in total. The van der Waals surface area contributed by atoms with Crippen LogP contribution in [-0.2, 0) is 11.3 Å². The van der Waals surface area contributed by atoms with Crippen molar-refractivity contribution in [2.75, 3.05) is 13.1 Å². The number of rotatable bonds is 5. The van der Waals surface area contributed by atoms with Crippen molar-refractivity contribution in [1.82, 2.24) is 10.2 Å². The number of carbonyl (C=O) groups is 1. The summed E-state index contributed by atoms with van der Waals surface area (Å²) < 4.78 is 14.0. The topological polar surface area (TPSA) is 32.3 Å². The maximum Gasteiger partial charge on any atom is 0.223 e. The molecule has 0 bridgehead atoms. The summed E-state index contributed by atoms with van der Waals surface area (Å²) in [6, 6.07) is 12.9. The Morgan fingerprint density at radius 1 is 1.26 bits per heavy atom. The normalized spacial score (nSPS) is 16.9. The van der Waals surface area contributed by atoms with E-state index < -0.39 is 0 Å². The third-order valence-electron chi connectivity index (χ3n) is 5.38. The fourth-order valence-corrected chi connectivity index (χ4v) is 3.88. The number of benzene rings is 2. The molecule has 1 N–H and O–H groups in total. The number of hydrogen-bond acceptors (Lipinski definition) is 2. The van der Waals surface area contributed by atoms with Gasteiger partial charge in [0.25, 0.3) is 0 Å². The van der Waals surface area contributed by atoms with Gasteiger partial charge in [-0.3, -0.25) is 9.69 Å². The first-order valence-electron chi connectivity index (χ1n) is 9.46. The summed E-state index contributed by atoms with van der Waals surface area (Å²) in [5.74, 6) is -0.139. The Kier molecular flexibility index (Phi) is 6.51. The van der Waals surface area contributed by atoms with Crippen LogP contribution in [0.3, 0.4) is 0 Å². The van der Waals surface area contributed by atoms with Crippen molar-refractivity contribution in [3.05, 3.63) is 70.0 Å². The van der Waals surface area contributed by atoms with Gasteiger partial charge < -0.3 is 5.32 Å². The van der Waals surface area contributed by atoms with Gasteiger partial charge in [-0.15, -0.1) is 0 Å². The Balaban J connectivity index is 1.51. The van der Waals surface area contributed by atoms with Crippen LogP contribution in [0.5, 0.6) is 0 Å². The van der Waals surface area contributed by atoms with Crippen molar-refractivity contribution >= 4 is 17.5 Å². The third kappa shape index (κ3) is 5.08. The number of carbonyl (C=O) groups excluding carboxylic acids is 1. The van der Waals surface area contributed by atoms with E-state index in [9.17, 15) is 9.18 Å². The van der Waals surface area contributed by atoms with Gasteiger partial charge in [-0.1, -0.05) is 41.9 Å². The van der Waals surface area contributed by atoms with Crippen LogP contribution >= 0.6 is 11.6 Å². The zero-order valence-electron chi connectivity index (χ0n) is 15.8. The molecule has 0 radical (unpaired) electrons. The molecule has 1 fully saturated rings. The molecule has 0 unspecified atom stereocenters. The molecule has 0 spiro atoms. The first kappa shape index (κ1) is 19.8. The van der Waals surface area contributed by atoms with Gasteiger partial charge in [-0.05, 0) is 63.0 Å². The van der Waals surface area contributed by atoms with E-state index in [-0.39, 0.29) is 23.7 Å². The number of likely N-dealkylation sites (tertiary alicyclic amines) is 1. The minimum atomic E-state index is -0.269. The van der Waals surface area contributed by atoms with Crippen molar-refractivity contribution < 1.29 is 9.18 Å². The van der Waals surface area contributed by atoms with Crippen molar-refractivity contribution in [3.8, 4) is 0 Å². The highest BCUT2D eigenvalue weighted by Gasteiger charge is 2.26. The van der Waals surface area contributed by atoms with Gasteiger partial charge in [-0.2, -0.15) is 0 Å². The Labute approximate surface area is 165 Å². The van der Waals surface area contributed by atoms with Crippen LogP contribution in [0.25, 0.3) is 0 Å². The number of halogens is 2. The van der Waals surface area contributed by atoms with Gasteiger partial charge in [-0.25, -0.2) is 4.39 Å². The number of aryl methyl sites for hydroxylation is 1. The zero-order valence-corrected chi connectivity index (χ0v) is 16.6. The van der Waals surface area contributed by atoms with Gasteiger partial charge in [0.2, 0.25) is 5.91 Å². The summed E-state index contributed by atoms with van der Waals surface area (Å²) in [4.78, 5) is 14.8. The van der Waals surface area contributed by atoms with Crippen LogP contribution in [0, 0.1) is 18.7 Å². The van der Waals surface area contributed by atoms with E-state index in [4.69, 9.17) is 11.6 Å². The molecule has 0 saturated carbocycles. The van der Waals surface area contributed by atoms with Crippen LogP contribution in [0.1, 0.15) is 42.5 Å². The zero-order chi connectivity index (χ0) is 19.4. The van der Waals surface area contributed by atoms with Crippen LogP contribution in [0.2, 0.25) is 5.02 Å². The van der Waals surface area contributed by atoms with Crippen LogP contribution in [0.15, 0.2) is 42.5 Å². The quantitative estimate of drug-likeness (QED) is 0.791. The third-order valence-corrected chi connectivity index (χ3v) is 5.62. The molecular formula is C22H26ClFN2O. The summed E-state index contributed by atoms with van der Waals surface area (Å²) in [5, 5.41) is 3.57. The molecule has 5 heteroatoms. The van der Waals surface area contributed by atoms with Crippen molar-refractivity contribution in [1.29, 1.82) is 0 Å². The molecule has 1 aliphatic heterocycles. The molecule has 0 aliphatic carbocycles. The molecule has 1 amide bonds. The molecule has 27 heavy (non-hydrogen) atoms. The average molecular weight is 389 g/mol. The first-order valence-corrected chi connectivity index (χ1v) is 9.84. The standard InChI is InChI=1S/C22H26ClFN2O/c1-15-5-3-4-6-20(15)16(2)25-22(27)17-9-11-26(12-10-17)14-18-7-8-19(23)13-21(18)24/h3-8,13,16-17H,9-12,14H2,1-2H3,(H,25,27)/t16-/m0/s1. The molecule has 2 aromatic carbocycles. The summed E-state index contributed by atoms with van der Waals surface area (Å²) in [7, 11) is 0. The number of nitrogens with one attached hydrogen (secondary N) is 1. The highest BCUT2D eigenvalue weighted by molar-refractivity contribution is 6.30. The highest BCUT2D eigenvalue weighted by Crippen LogP contribution is 2.23. The maximum absolute atomic E-state index is 14.0. The van der Waals surface area contributed by atoms with Gasteiger partial charge in [0.15, 0.2) is 0 Å². The number of nitrogens with zero attached hydrogens (tertiary/aromatic N) is 1. The van der Waals surface area contributed by atoms with Crippen molar-refractivity contribution in [2.45, 2.75) is 39.3 Å². The molecule has 3 rings (SSSR count). The second-order valence-corrected chi connectivity index (χ2v) is 7.81. The number of piperidine rings is 1. The van der Waals surface area contributed by atoms with E-state index in [2.05, 4.69) is 29.3 Å². The maximum atomic E-state index is 14.0. The van der Waals surface area contributed by atoms with Crippen LogP contribution < -0.4 is 5.32 Å². The summed E-state index contributed by atoms with van der Waals surface area (Å²) in [6.45, 7) is 6.22. The van der Waals surface area contributed by atoms with Crippen molar-refractivity contribution in [2.24, 2.45) is 5.92 Å². The SMILES string of the molecule is Cc1ccccc1[C@H](C)NC(=O)C1CCN(Cc2ccc(Cl)cc2F)CC1. The van der Waals surface area contributed by atoms with E-state index in [1.165, 1.54) is 11.6 Å². The lowest BCUT2D eigenvalue weighted by molar-refractivity contribution is -0.127. The molecule has 144 valence electrons. The predicted molar refractivity (Wildman–Crippen MR) is 107 cm³/mol. The fraction of sp³-hybridized carbons (Fsp3) is 0.409. The molecular weight excluding hydrogens is 363 g/mol. The second-order valence-electron chi connectivity index (χ2n) is 7.37. The molecule has 2 aromatic rings. The summed E-state index contributed by atoms with van der Waals surface area (Å²) in [6.07, 6.45) is 1.59. The Bertz CT molecular complexity index is 803. The molecule has 1 atom stereocenters. The highest BCUT2D eigenvalue weighted by atomic mass is 35.5. The van der Waals surface area contributed by atoms with Crippen molar-refractivity contribution in [3.63, 3.8) is 0 Å². The largest absolute Gasteiger partial charge is 0.349 e. The van der Waals surface area contributed by atoms with Gasteiger partial charge in [0.05, 0.1) is 6.04 Å². The van der Waals surface area contributed by atoms with E-state index in [0.717, 1.165) is 31.5 Å². The molecule has 1 heterocycles. The smallest absolute Gasteiger partial charge is 0.223 e. The van der Waals surface area contributed by atoms with E-state index >= 15 is 0 Å². The van der Waals surface area contributed by atoms with E-state index in [1.807, 2.05) is 19.1 Å². The monoisotopic (exact) mass is 388 g/mol. The van der Waals surface area contributed by atoms with Gasteiger partial charge >= 0.3 is 0 Å². The van der Waals surface area contributed by atoms with Crippen LogP contribution in [0.4, 0.5) is 4.39 Å². The molecule has 1 saturated heterocycles. The molecule has 1 aliphatic rings. The number of amides is 1. The first-order chi connectivity index (χ1) is 12.9. The van der Waals surface area contributed by atoms with Crippen LogP contribution in [-0.4, -0.2) is 23.9 Å². The lowest BCUT2D eigenvalue weighted by atomic mass is 9.94. The summed E-state index contributed by atoms with van der Waals surface area (Å²) in [5.41, 5.74) is 2.99. The Morgan fingerprint density at radius 3 is 2.63 bits per heavy atom. The lowest BCUT2D eigenvalue weighted by Crippen LogP contribution is -2.41. The lowest BCUT2D eigenvalue weighted by Gasteiger charge is -2.32. The van der Waals surface area contributed by atoms with Gasteiger partial charge in [0, 0.05) is 23.0 Å². The van der Waals surface area contributed by atoms with Gasteiger partial charge in [0.1, 0.15) is 5.82 Å². The summed E-state index contributed by atoms with van der Waals surface area (Å²) >= 11 is 5.81. The fourth-order valence-electron chi connectivity index (χ4n) is 3.73. The number of hydrogen-bond donors (Lipinski definition) is 1. The average Bonchev–Trinajstić information content (AvgIpc) is 2.65. The molecule has 0 aromatic heterocycles.